The molecule has 1 heterocycles. The molecule has 0 amide bonds. The van der Waals surface area contributed by atoms with Gasteiger partial charge in [0.2, 0.25) is 0 Å². The van der Waals surface area contributed by atoms with E-state index < -0.39 is 0 Å². The summed E-state index contributed by atoms with van der Waals surface area (Å²) in [5.41, 5.74) is 0. The van der Waals surface area contributed by atoms with E-state index in [-0.39, 0.29) is 0 Å². The van der Waals surface area contributed by atoms with Crippen molar-refractivity contribution in [2.75, 3.05) is 46.6 Å². The summed E-state index contributed by atoms with van der Waals surface area (Å²) in [5, 5.41) is 3.66. The molecule has 2 unspecified atom stereocenters. The lowest BCUT2D eigenvalue weighted by Crippen LogP contribution is -2.41. The molecule has 1 rings (SSSR count). The predicted octanol–water partition coefficient (Wildman–Crippen LogP) is 1.89. The third kappa shape index (κ3) is 7.25. The molecule has 1 N–H and O–H groups in total. The predicted molar refractivity (Wildman–Crippen MR) is 79.7 cm³/mol. The molecular formula is C15H32N2O2. The molecule has 0 radical (unpaired) electrons. The van der Waals surface area contributed by atoms with Gasteiger partial charge in [0.1, 0.15) is 0 Å². The van der Waals surface area contributed by atoms with Gasteiger partial charge >= 0.3 is 0 Å². The number of ether oxygens (including phenoxy) is 2. The lowest BCUT2D eigenvalue weighted by molar-refractivity contribution is 0.0733. The monoisotopic (exact) mass is 272 g/mol. The van der Waals surface area contributed by atoms with Crippen LogP contribution >= 0.6 is 0 Å². The van der Waals surface area contributed by atoms with Crippen molar-refractivity contribution < 1.29 is 9.47 Å². The van der Waals surface area contributed by atoms with Gasteiger partial charge in [0.25, 0.3) is 0 Å². The number of hydrogen-bond acceptors (Lipinski definition) is 4. The van der Waals surface area contributed by atoms with Gasteiger partial charge in [-0.3, -0.25) is 4.90 Å². The van der Waals surface area contributed by atoms with Gasteiger partial charge in [0.05, 0.1) is 6.61 Å². The van der Waals surface area contributed by atoms with E-state index in [1.54, 1.807) is 7.11 Å². The first-order chi connectivity index (χ1) is 9.27. The Morgan fingerprint density at radius 1 is 1.26 bits per heavy atom. The van der Waals surface area contributed by atoms with Crippen LogP contribution in [0.2, 0.25) is 0 Å². The van der Waals surface area contributed by atoms with E-state index in [4.69, 9.17) is 9.47 Å². The second-order valence-corrected chi connectivity index (χ2v) is 5.53. The topological polar surface area (TPSA) is 33.7 Å². The zero-order valence-electron chi connectivity index (χ0n) is 13.0. The Hall–Kier alpha value is -0.160. The molecule has 1 saturated heterocycles. The minimum Gasteiger partial charge on any atom is -0.385 e. The molecule has 0 spiro atoms. The number of methoxy groups -OCH3 is 1. The van der Waals surface area contributed by atoms with Crippen LogP contribution in [-0.4, -0.2) is 63.5 Å². The Morgan fingerprint density at radius 2 is 2.11 bits per heavy atom. The lowest BCUT2D eigenvalue weighted by atomic mass is 10.1. The number of nitrogens with zero attached hydrogens (tertiary/aromatic N) is 1. The fraction of sp³-hybridized carbons (Fsp3) is 1.00. The molecule has 4 heteroatoms. The average molecular weight is 272 g/mol. The summed E-state index contributed by atoms with van der Waals surface area (Å²) in [6.07, 6.45) is 4.77. The molecule has 114 valence electrons. The molecule has 0 aromatic rings. The zero-order chi connectivity index (χ0) is 13.9. The summed E-state index contributed by atoms with van der Waals surface area (Å²) in [6, 6.07) is 1.32. The average Bonchev–Trinajstić information content (AvgIpc) is 2.57. The SMILES string of the molecule is CCCC1CN(CCOCCCOC)C(C)CCN1. The smallest absolute Gasteiger partial charge is 0.0593 e. The quantitative estimate of drug-likeness (QED) is 0.650. The van der Waals surface area contributed by atoms with Crippen LogP contribution in [0.4, 0.5) is 0 Å². The van der Waals surface area contributed by atoms with Crippen LogP contribution in [0.25, 0.3) is 0 Å². The molecule has 1 aliphatic rings. The van der Waals surface area contributed by atoms with E-state index in [1.165, 1.54) is 19.3 Å². The van der Waals surface area contributed by atoms with Gasteiger partial charge in [0, 0.05) is 45.5 Å². The summed E-state index contributed by atoms with van der Waals surface area (Å²) in [5.74, 6) is 0. The standard InChI is InChI=1S/C15H32N2O2/c1-4-6-15-13-17(14(2)7-8-16-15)9-12-19-11-5-10-18-3/h14-16H,4-13H2,1-3H3. The summed E-state index contributed by atoms with van der Waals surface area (Å²) in [4.78, 5) is 2.58. The maximum absolute atomic E-state index is 5.68. The van der Waals surface area contributed by atoms with Crippen molar-refractivity contribution in [2.24, 2.45) is 0 Å². The summed E-state index contributed by atoms with van der Waals surface area (Å²) >= 11 is 0. The Morgan fingerprint density at radius 3 is 2.84 bits per heavy atom. The first kappa shape index (κ1) is 16.9. The van der Waals surface area contributed by atoms with Gasteiger partial charge in [-0.1, -0.05) is 13.3 Å². The van der Waals surface area contributed by atoms with Crippen LogP contribution in [0.5, 0.6) is 0 Å². The lowest BCUT2D eigenvalue weighted by Gasteiger charge is -2.28. The van der Waals surface area contributed by atoms with E-state index in [0.717, 1.165) is 45.9 Å². The van der Waals surface area contributed by atoms with Crippen molar-refractivity contribution in [2.45, 2.75) is 51.6 Å². The highest BCUT2D eigenvalue weighted by molar-refractivity contribution is 4.80. The highest BCUT2D eigenvalue weighted by Gasteiger charge is 2.21. The largest absolute Gasteiger partial charge is 0.385 e. The van der Waals surface area contributed by atoms with Gasteiger partial charge in [-0.25, -0.2) is 0 Å². The third-order valence-electron chi connectivity index (χ3n) is 3.87. The molecular weight excluding hydrogens is 240 g/mol. The molecule has 19 heavy (non-hydrogen) atoms. The van der Waals surface area contributed by atoms with Crippen LogP contribution in [0.1, 0.15) is 39.5 Å². The molecule has 4 nitrogen and oxygen atoms in total. The van der Waals surface area contributed by atoms with Crippen LogP contribution < -0.4 is 5.32 Å². The highest BCUT2D eigenvalue weighted by atomic mass is 16.5. The number of rotatable bonds is 9. The van der Waals surface area contributed by atoms with Crippen molar-refractivity contribution in [1.82, 2.24) is 10.2 Å². The van der Waals surface area contributed by atoms with Gasteiger partial charge in [-0.15, -0.1) is 0 Å². The normalized spacial score (nSPS) is 25.4. The molecule has 0 saturated carbocycles. The maximum Gasteiger partial charge on any atom is 0.0593 e. The van der Waals surface area contributed by atoms with Crippen LogP contribution in [0.3, 0.4) is 0 Å². The Kier molecular flexibility index (Phi) is 9.43. The van der Waals surface area contributed by atoms with Crippen molar-refractivity contribution in [3.63, 3.8) is 0 Å². The van der Waals surface area contributed by atoms with Gasteiger partial charge in [0.15, 0.2) is 0 Å². The first-order valence-electron chi connectivity index (χ1n) is 7.82. The van der Waals surface area contributed by atoms with Crippen molar-refractivity contribution in [3.05, 3.63) is 0 Å². The number of nitrogens with one attached hydrogen (secondary N) is 1. The third-order valence-corrected chi connectivity index (χ3v) is 3.87. The maximum atomic E-state index is 5.68. The van der Waals surface area contributed by atoms with E-state index in [1.807, 2.05) is 0 Å². The summed E-state index contributed by atoms with van der Waals surface area (Å²) in [6.45, 7) is 10.4. The first-order valence-corrected chi connectivity index (χ1v) is 7.82. The second kappa shape index (κ2) is 10.6. The molecule has 2 atom stereocenters. The molecule has 0 bridgehead atoms. The molecule has 0 aliphatic carbocycles. The summed E-state index contributed by atoms with van der Waals surface area (Å²) in [7, 11) is 1.74. The van der Waals surface area contributed by atoms with Gasteiger partial charge in [-0.2, -0.15) is 0 Å². The number of hydrogen-bond donors (Lipinski definition) is 1. The fourth-order valence-corrected chi connectivity index (χ4v) is 2.65. The van der Waals surface area contributed by atoms with Crippen LogP contribution in [-0.2, 0) is 9.47 Å². The zero-order valence-corrected chi connectivity index (χ0v) is 13.0. The van der Waals surface area contributed by atoms with Crippen LogP contribution in [0, 0.1) is 0 Å². The van der Waals surface area contributed by atoms with Crippen LogP contribution in [0.15, 0.2) is 0 Å². The second-order valence-electron chi connectivity index (χ2n) is 5.53. The Balaban J connectivity index is 2.20. The minimum atomic E-state index is 0.656. The molecule has 1 fully saturated rings. The van der Waals surface area contributed by atoms with Gasteiger partial charge in [-0.05, 0) is 32.7 Å². The highest BCUT2D eigenvalue weighted by Crippen LogP contribution is 2.11. The molecule has 0 aromatic carbocycles. The van der Waals surface area contributed by atoms with E-state index in [0.29, 0.717) is 12.1 Å². The van der Waals surface area contributed by atoms with Crippen molar-refractivity contribution in [1.29, 1.82) is 0 Å². The minimum absolute atomic E-state index is 0.656. The van der Waals surface area contributed by atoms with Gasteiger partial charge < -0.3 is 14.8 Å². The Bertz CT molecular complexity index is 214. The fourth-order valence-electron chi connectivity index (χ4n) is 2.65. The van der Waals surface area contributed by atoms with E-state index in [2.05, 4.69) is 24.1 Å². The van der Waals surface area contributed by atoms with E-state index >= 15 is 0 Å². The van der Waals surface area contributed by atoms with E-state index in [9.17, 15) is 0 Å². The van der Waals surface area contributed by atoms with Crippen molar-refractivity contribution in [3.8, 4) is 0 Å². The molecule has 1 aliphatic heterocycles. The molecule has 0 aromatic heterocycles. The van der Waals surface area contributed by atoms with Crippen molar-refractivity contribution >= 4 is 0 Å². The Labute approximate surface area is 118 Å². The summed E-state index contributed by atoms with van der Waals surface area (Å²) < 4.78 is 10.7.